The Balaban J connectivity index is 1.61. The molecule has 0 N–H and O–H groups in total. The molecule has 0 spiro atoms. The van der Waals surface area contributed by atoms with Crippen molar-refractivity contribution in [2.24, 2.45) is 0 Å². The summed E-state index contributed by atoms with van der Waals surface area (Å²) in [6.07, 6.45) is 0.0556. The van der Waals surface area contributed by atoms with Crippen molar-refractivity contribution in [1.29, 1.82) is 0 Å². The van der Waals surface area contributed by atoms with E-state index >= 15 is 0 Å². The average Bonchev–Trinajstić information content (AvgIpc) is 3.02. The Morgan fingerprint density at radius 3 is 2.52 bits per heavy atom. The molecule has 0 saturated carbocycles. The number of aryl methyl sites for hydroxylation is 2. The maximum Gasteiger partial charge on any atom is 0.409 e. The Hall–Kier alpha value is -2.41. The number of nitrogens with zero attached hydrogens (tertiary/aromatic N) is 3. The average molecular weight is 388 g/mol. The van der Waals surface area contributed by atoms with Crippen LogP contribution in [-0.4, -0.2) is 59.6 Å². The van der Waals surface area contributed by atoms with Crippen molar-refractivity contribution in [3.8, 4) is 10.6 Å². The highest BCUT2D eigenvalue weighted by atomic mass is 32.1. The monoisotopic (exact) mass is 387 g/mol. The molecule has 1 saturated heterocycles. The molecule has 1 aliphatic heterocycles. The smallest absolute Gasteiger partial charge is 0.409 e. The van der Waals surface area contributed by atoms with Crippen LogP contribution in [-0.2, 0) is 16.0 Å². The number of rotatable bonds is 4. The molecule has 2 amide bonds. The Bertz CT molecular complexity index is 826. The lowest BCUT2D eigenvalue weighted by molar-refractivity contribution is -0.132. The minimum Gasteiger partial charge on any atom is -0.450 e. The highest BCUT2D eigenvalue weighted by molar-refractivity contribution is 7.15. The molecule has 1 aromatic carbocycles. The van der Waals surface area contributed by atoms with Crippen molar-refractivity contribution in [3.05, 3.63) is 40.4 Å². The van der Waals surface area contributed by atoms with Crippen LogP contribution in [0.4, 0.5) is 4.79 Å². The zero-order valence-corrected chi connectivity index (χ0v) is 16.8. The molecule has 0 aliphatic carbocycles. The van der Waals surface area contributed by atoms with E-state index in [9.17, 15) is 9.59 Å². The summed E-state index contributed by atoms with van der Waals surface area (Å²) in [6, 6.07) is 8.24. The van der Waals surface area contributed by atoms with Gasteiger partial charge in [-0.25, -0.2) is 9.78 Å². The zero-order chi connectivity index (χ0) is 19.4. The minimum atomic E-state index is -0.300. The third kappa shape index (κ3) is 4.66. The summed E-state index contributed by atoms with van der Waals surface area (Å²) in [4.78, 5) is 33.6. The van der Waals surface area contributed by atoms with Crippen LogP contribution in [0.5, 0.6) is 0 Å². The standard InChI is InChI=1S/C20H25N3O3S/c1-4-26-20(25)23-10-8-22(9-11-23)18(24)13-17-15(3)21-19(27-17)16-7-5-6-14(2)12-16/h5-7,12H,4,8-11,13H2,1-3H3. The molecule has 144 valence electrons. The van der Waals surface area contributed by atoms with Gasteiger partial charge in [-0.05, 0) is 26.8 Å². The topological polar surface area (TPSA) is 62.7 Å². The number of hydrogen-bond acceptors (Lipinski definition) is 5. The molecule has 3 rings (SSSR count). The molecule has 2 aromatic rings. The molecule has 27 heavy (non-hydrogen) atoms. The van der Waals surface area contributed by atoms with E-state index in [1.807, 2.05) is 24.0 Å². The van der Waals surface area contributed by atoms with Crippen LogP contribution in [0.1, 0.15) is 23.1 Å². The molecule has 0 unspecified atom stereocenters. The molecule has 0 radical (unpaired) electrons. The molecule has 1 fully saturated rings. The summed E-state index contributed by atoms with van der Waals surface area (Å²) >= 11 is 1.58. The quantitative estimate of drug-likeness (QED) is 0.808. The summed E-state index contributed by atoms with van der Waals surface area (Å²) < 4.78 is 5.02. The van der Waals surface area contributed by atoms with E-state index in [0.29, 0.717) is 39.2 Å². The van der Waals surface area contributed by atoms with Gasteiger partial charge in [0.05, 0.1) is 18.7 Å². The Morgan fingerprint density at radius 2 is 1.85 bits per heavy atom. The van der Waals surface area contributed by atoms with Crippen LogP contribution >= 0.6 is 11.3 Å². The first-order chi connectivity index (χ1) is 13.0. The van der Waals surface area contributed by atoms with E-state index in [2.05, 4.69) is 24.0 Å². The van der Waals surface area contributed by atoms with Gasteiger partial charge in [0.2, 0.25) is 5.91 Å². The second kappa shape index (κ2) is 8.52. The van der Waals surface area contributed by atoms with Crippen LogP contribution in [0.2, 0.25) is 0 Å². The van der Waals surface area contributed by atoms with Gasteiger partial charge < -0.3 is 14.5 Å². The highest BCUT2D eigenvalue weighted by Crippen LogP contribution is 2.29. The van der Waals surface area contributed by atoms with Gasteiger partial charge in [-0.3, -0.25) is 4.79 Å². The van der Waals surface area contributed by atoms with Gasteiger partial charge in [0, 0.05) is 36.6 Å². The summed E-state index contributed by atoms with van der Waals surface area (Å²) in [6.45, 7) is 8.29. The van der Waals surface area contributed by atoms with E-state index < -0.39 is 0 Å². The zero-order valence-electron chi connectivity index (χ0n) is 16.0. The van der Waals surface area contributed by atoms with Crippen molar-refractivity contribution in [2.75, 3.05) is 32.8 Å². The van der Waals surface area contributed by atoms with Gasteiger partial charge in [0.1, 0.15) is 5.01 Å². The van der Waals surface area contributed by atoms with Gasteiger partial charge in [-0.2, -0.15) is 0 Å². The first kappa shape index (κ1) is 19.4. The van der Waals surface area contributed by atoms with E-state index in [1.54, 1.807) is 23.2 Å². The lowest BCUT2D eigenvalue weighted by Gasteiger charge is -2.34. The number of thiazole rings is 1. The summed E-state index contributed by atoms with van der Waals surface area (Å²) in [5.41, 5.74) is 3.19. The van der Waals surface area contributed by atoms with Crippen molar-refractivity contribution < 1.29 is 14.3 Å². The van der Waals surface area contributed by atoms with Crippen LogP contribution in [0.15, 0.2) is 24.3 Å². The number of ether oxygens (including phenoxy) is 1. The van der Waals surface area contributed by atoms with Crippen LogP contribution in [0.3, 0.4) is 0 Å². The highest BCUT2D eigenvalue weighted by Gasteiger charge is 2.25. The van der Waals surface area contributed by atoms with E-state index in [4.69, 9.17) is 4.74 Å². The van der Waals surface area contributed by atoms with Gasteiger partial charge >= 0.3 is 6.09 Å². The summed E-state index contributed by atoms with van der Waals surface area (Å²) in [5.74, 6) is 0.0843. The first-order valence-corrected chi connectivity index (χ1v) is 10.0. The second-order valence-corrected chi connectivity index (χ2v) is 7.72. The number of piperazine rings is 1. The fraction of sp³-hybridized carbons (Fsp3) is 0.450. The molecular weight excluding hydrogens is 362 g/mol. The lowest BCUT2D eigenvalue weighted by atomic mass is 10.1. The molecule has 0 atom stereocenters. The van der Waals surface area contributed by atoms with Gasteiger partial charge in [0.25, 0.3) is 0 Å². The Morgan fingerprint density at radius 1 is 1.15 bits per heavy atom. The van der Waals surface area contributed by atoms with Crippen molar-refractivity contribution in [1.82, 2.24) is 14.8 Å². The molecule has 7 heteroatoms. The second-order valence-electron chi connectivity index (χ2n) is 6.64. The molecule has 1 aromatic heterocycles. The lowest BCUT2D eigenvalue weighted by Crippen LogP contribution is -2.51. The summed E-state index contributed by atoms with van der Waals surface area (Å²) in [5, 5.41) is 0.950. The van der Waals surface area contributed by atoms with E-state index in [1.165, 1.54) is 5.56 Å². The number of aromatic nitrogens is 1. The van der Waals surface area contributed by atoms with Crippen molar-refractivity contribution >= 4 is 23.3 Å². The van der Waals surface area contributed by atoms with Crippen LogP contribution in [0.25, 0.3) is 10.6 Å². The summed E-state index contributed by atoms with van der Waals surface area (Å²) in [7, 11) is 0. The molecule has 1 aliphatic rings. The molecule has 6 nitrogen and oxygen atoms in total. The number of amides is 2. The molecular formula is C20H25N3O3S. The third-order valence-corrected chi connectivity index (χ3v) is 5.83. The van der Waals surface area contributed by atoms with Crippen LogP contribution in [0, 0.1) is 13.8 Å². The number of benzene rings is 1. The maximum atomic E-state index is 12.7. The Labute approximate surface area is 163 Å². The molecule has 0 bridgehead atoms. The van der Waals surface area contributed by atoms with E-state index in [-0.39, 0.29) is 12.0 Å². The number of carbonyl (C=O) groups is 2. The van der Waals surface area contributed by atoms with E-state index in [0.717, 1.165) is 21.1 Å². The van der Waals surface area contributed by atoms with Gasteiger partial charge in [0.15, 0.2) is 0 Å². The van der Waals surface area contributed by atoms with Crippen LogP contribution < -0.4 is 0 Å². The SMILES string of the molecule is CCOC(=O)N1CCN(C(=O)Cc2sc(-c3cccc(C)c3)nc2C)CC1. The fourth-order valence-corrected chi connectivity index (χ4v) is 4.15. The predicted octanol–water partition coefficient (Wildman–Crippen LogP) is 3.27. The third-order valence-electron chi connectivity index (χ3n) is 4.63. The van der Waals surface area contributed by atoms with Crippen molar-refractivity contribution in [2.45, 2.75) is 27.2 Å². The number of hydrogen-bond donors (Lipinski definition) is 0. The minimum absolute atomic E-state index is 0.0843. The maximum absolute atomic E-state index is 12.7. The van der Waals surface area contributed by atoms with Gasteiger partial charge in [-0.15, -0.1) is 11.3 Å². The Kier molecular flexibility index (Phi) is 6.11. The predicted molar refractivity (Wildman–Crippen MR) is 106 cm³/mol. The first-order valence-electron chi connectivity index (χ1n) is 9.20. The van der Waals surface area contributed by atoms with Crippen molar-refractivity contribution in [3.63, 3.8) is 0 Å². The molecule has 2 heterocycles. The largest absolute Gasteiger partial charge is 0.450 e. The number of carbonyl (C=O) groups excluding carboxylic acids is 2. The fourth-order valence-electron chi connectivity index (χ4n) is 3.10. The normalized spacial score (nSPS) is 14.3. The van der Waals surface area contributed by atoms with Gasteiger partial charge in [-0.1, -0.05) is 23.8 Å².